The Labute approximate surface area is 136 Å². The van der Waals surface area contributed by atoms with Gasteiger partial charge < -0.3 is 9.84 Å². The summed E-state index contributed by atoms with van der Waals surface area (Å²) in [7, 11) is -3.95. The fourth-order valence-electron chi connectivity index (χ4n) is 2.28. The third-order valence-corrected chi connectivity index (χ3v) is 5.23. The zero-order chi connectivity index (χ0) is 17.0. The lowest BCUT2D eigenvalue weighted by Gasteiger charge is -2.17. The van der Waals surface area contributed by atoms with Gasteiger partial charge in [0.1, 0.15) is 18.0 Å². The SMILES string of the molecule is CCC(C)CCCOc1ccc(O)c(N2CC(=O)NS2(=O)=O)c1. The summed E-state index contributed by atoms with van der Waals surface area (Å²) < 4.78 is 32.0. The van der Waals surface area contributed by atoms with Gasteiger partial charge >= 0.3 is 10.2 Å². The molecule has 1 saturated heterocycles. The predicted molar refractivity (Wildman–Crippen MR) is 86.7 cm³/mol. The van der Waals surface area contributed by atoms with Crippen LogP contribution in [-0.2, 0) is 15.0 Å². The molecule has 128 valence electrons. The van der Waals surface area contributed by atoms with Crippen molar-refractivity contribution >= 4 is 21.8 Å². The van der Waals surface area contributed by atoms with Crippen LogP contribution in [0.3, 0.4) is 0 Å². The van der Waals surface area contributed by atoms with Gasteiger partial charge in [-0.2, -0.15) is 8.42 Å². The average molecular weight is 342 g/mol. The van der Waals surface area contributed by atoms with Crippen molar-refractivity contribution in [2.75, 3.05) is 17.5 Å². The second-order valence-corrected chi connectivity index (χ2v) is 7.29. The Hall–Kier alpha value is -1.96. The van der Waals surface area contributed by atoms with Gasteiger partial charge in [0.15, 0.2) is 0 Å². The lowest BCUT2D eigenvalue weighted by molar-refractivity contribution is -0.117. The minimum absolute atomic E-state index is 0.0303. The normalized spacial score (nSPS) is 17.8. The first kappa shape index (κ1) is 17.4. The third-order valence-electron chi connectivity index (χ3n) is 3.84. The van der Waals surface area contributed by atoms with E-state index in [-0.39, 0.29) is 18.0 Å². The van der Waals surface area contributed by atoms with Crippen LogP contribution in [0.15, 0.2) is 18.2 Å². The maximum Gasteiger partial charge on any atom is 0.326 e. The molecule has 0 aliphatic carbocycles. The Bertz CT molecular complexity index is 674. The number of ether oxygens (including phenoxy) is 1. The van der Waals surface area contributed by atoms with Gasteiger partial charge in [0.25, 0.3) is 5.91 Å². The standard InChI is InChI=1S/C15H22N2O5S/c1-3-11(2)5-4-8-22-12-6-7-14(18)13(9-12)17-10-15(19)16-23(17,20)21/h6-7,9,11,18H,3-5,8,10H2,1-2H3,(H,16,19). The molecule has 8 heteroatoms. The first-order chi connectivity index (χ1) is 10.8. The number of amides is 1. The van der Waals surface area contributed by atoms with Crippen molar-refractivity contribution in [2.24, 2.45) is 5.92 Å². The predicted octanol–water partition coefficient (Wildman–Crippen LogP) is 1.78. The zero-order valence-corrected chi connectivity index (χ0v) is 14.1. The number of hydrogen-bond acceptors (Lipinski definition) is 5. The molecule has 0 radical (unpaired) electrons. The molecular weight excluding hydrogens is 320 g/mol. The topological polar surface area (TPSA) is 95.9 Å². The van der Waals surface area contributed by atoms with E-state index in [4.69, 9.17) is 4.74 Å². The minimum atomic E-state index is -3.95. The van der Waals surface area contributed by atoms with E-state index in [0.29, 0.717) is 18.3 Å². The molecule has 1 unspecified atom stereocenters. The van der Waals surface area contributed by atoms with Gasteiger partial charge in [0.05, 0.1) is 12.3 Å². The average Bonchev–Trinajstić information content (AvgIpc) is 2.77. The summed E-state index contributed by atoms with van der Waals surface area (Å²) in [5, 5.41) is 9.89. The first-order valence-electron chi connectivity index (χ1n) is 7.62. The number of carbonyl (C=O) groups excluding carboxylic acids is 1. The largest absolute Gasteiger partial charge is 0.506 e. The maximum atomic E-state index is 11.8. The Kier molecular flexibility index (Phi) is 5.35. The van der Waals surface area contributed by atoms with Crippen molar-refractivity contribution in [2.45, 2.75) is 33.1 Å². The van der Waals surface area contributed by atoms with E-state index in [1.54, 1.807) is 6.07 Å². The van der Waals surface area contributed by atoms with E-state index in [0.717, 1.165) is 23.6 Å². The molecule has 23 heavy (non-hydrogen) atoms. The monoisotopic (exact) mass is 342 g/mol. The first-order valence-corrected chi connectivity index (χ1v) is 9.06. The van der Waals surface area contributed by atoms with Crippen LogP contribution in [0.5, 0.6) is 11.5 Å². The van der Waals surface area contributed by atoms with Crippen LogP contribution in [-0.4, -0.2) is 32.6 Å². The van der Waals surface area contributed by atoms with Gasteiger partial charge in [0.2, 0.25) is 0 Å². The Morgan fingerprint density at radius 2 is 2.17 bits per heavy atom. The molecule has 1 aliphatic rings. The van der Waals surface area contributed by atoms with Crippen molar-refractivity contribution in [3.63, 3.8) is 0 Å². The van der Waals surface area contributed by atoms with Crippen LogP contribution in [0.1, 0.15) is 33.1 Å². The van der Waals surface area contributed by atoms with E-state index in [1.165, 1.54) is 12.1 Å². The Morgan fingerprint density at radius 3 is 2.78 bits per heavy atom. The zero-order valence-electron chi connectivity index (χ0n) is 13.3. The smallest absolute Gasteiger partial charge is 0.326 e. The van der Waals surface area contributed by atoms with E-state index in [1.807, 2.05) is 4.72 Å². The van der Waals surface area contributed by atoms with Gasteiger partial charge in [-0.15, -0.1) is 0 Å². The lowest BCUT2D eigenvalue weighted by atomic mass is 10.0. The van der Waals surface area contributed by atoms with E-state index < -0.39 is 16.1 Å². The van der Waals surface area contributed by atoms with Crippen molar-refractivity contribution < 1.29 is 23.1 Å². The van der Waals surface area contributed by atoms with Crippen LogP contribution in [0.2, 0.25) is 0 Å². The van der Waals surface area contributed by atoms with E-state index in [2.05, 4.69) is 13.8 Å². The summed E-state index contributed by atoms with van der Waals surface area (Å²) in [6.07, 6.45) is 3.07. The number of phenolic OH excluding ortho intramolecular Hbond substituents is 1. The van der Waals surface area contributed by atoms with E-state index in [9.17, 15) is 18.3 Å². The lowest BCUT2D eigenvalue weighted by Crippen LogP contribution is -2.29. The number of benzene rings is 1. The number of carbonyl (C=O) groups is 1. The Balaban J connectivity index is 2.06. The number of aromatic hydroxyl groups is 1. The third kappa shape index (κ3) is 4.28. The Morgan fingerprint density at radius 1 is 1.43 bits per heavy atom. The van der Waals surface area contributed by atoms with Gasteiger partial charge in [-0.25, -0.2) is 9.03 Å². The van der Waals surface area contributed by atoms with Gasteiger partial charge in [-0.3, -0.25) is 4.79 Å². The molecule has 1 aliphatic heterocycles. The molecule has 1 amide bonds. The highest BCUT2D eigenvalue weighted by Gasteiger charge is 2.35. The number of nitrogens with one attached hydrogen (secondary N) is 1. The molecular formula is C15H22N2O5S. The van der Waals surface area contributed by atoms with Crippen LogP contribution >= 0.6 is 0 Å². The maximum absolute atomic E-state index is 11.8. The van der Waals surface area contributed by atoms with Crippen molar-refractivity contribution in [1.82, 2.24) is 4.72 Å². The number of rotatable bonds is 7. The molecule has 0 aromatic heterocycles. The molecule has 0 bridgehead atoms. The summed E-state index contributed by atoms with van der Waals surface area (Å²) in [4.78, 5) is 11.3. The highest BCUT2D eigenvalue weighted by Crippen LogP contribution is 2.34. The molecule has 0 saturated carbocycles. The van der Waals surface area contributed by atoms with Crippen LogP contribution in [0.4, 0.5) is 5.69 Å². The molecule has 1 fully saturated rings. The van der Waals surface area contributed by atoms with Crippen LogP contribution in [0.25, 0.3) is 0 Å². The molecule has 7 nitrogen and oxygen atoms in total. The van der Waals surface area contributed by atoms with Crippen molar-refractivity contribution in [3.8, 4) is 11.5 Å². The molecule has 2 N–H and O–H groups in total. The highest BCUT2D eigenvalue weighted by molar-refractivity contribution is 7.92. The summed E-state index contributed by atoms with van der Waals surface area (Å²) in [6.45, 7) is 4.48. The second-order valence-electron chi connectivity index (χ2n) is 5.69. The highest BCUT2D eigenvalue weighted by atomic mass is 32.2. The molecule has 1 atom stereocenters. The summed E-state index contributed by atoms with van der Waals surface area (Å²) in [6, 6.07) is 4.36. The molecule has 2 rings (SSSR count). The second kappa shape index (κ2) is 7.08. The fraction of sp³-hybridized carbons (Fsp3) is 0.533. The molecule has 0 spiro atoms. The summed E-state index contributed by atoms with van der Waals surface area (Å²) in [5.41, 5.74) is 0.0303. The van der Waals surface area contributed by atoms with Crippen LogP contribution < -0.4 is 13.8 Å². The number of nitrogens with zero attached hydrogens (tertiary/aromatic N) is 1. The summed E-state index contributed by atoms with van der Waals surface area (Å²) in [5.74, 6) is 0.235. The molecule has 1 aromatic rings. The number of phenols is 1. The number of anilines is 1. The van der Waals surface area contributed by atoms with Crippen LogP contribution in [0, 0.1) is 5.92 Å². The molecule has 1 aromatic carbocycles. The van der Waals surface area contributed by atoms with Gasteiger partial charge in [-0.1, -0.05) is 20.3 Å². The van der Waals surface area contributed by atoms with E-state index >= 15 is 0 Å². The molecule has 1 heterocycles. The minimum Gasteiger partial charge on any atom is -0.506 e. The van der Waals surface area contributed by atoms with Crippen molar-refractivity contribution in [1.29, 1.82) is 0 Å². The van der Waals surface area contributed by atoms with Gasteiger partial charge in [0, 0.05) is 6.07 Å². The number of hydrogen-bond donors (Lipinski definition) is 2. The summed E-state index contributed by atoms with van der Waals surface area (Å²) >= 11 is 0. The van der Waals surface area contributed by atoms with Gasteiger partial charge in [-0.05, 0) is 30.9 Å². The van der Waals surface area contributed by atoms with Crippen molar-refractivity contribution in [3.05, 3.63) is 18.2 Å². The fourth-order valence-corrected chi connectivity index (χ4v) is 3.43. The quantitative estimate of drug-likeness (QED) is 0.736.